The molecule has 1 unspecified atom stereocenters. The number of nitrogens with zero attached hydrogens (tertiary/aromatic N) is 1. The predicted octanol–water partition coefficient (Wildman–Crippen LogP) is 3.07. The Labute approximate surface area is 124 Å². The molecule has 20 heavy (non-hydrogen) atoms. The van der Waals surface area contributed by atoms with E-state index < -0.39 is 10.0 Å². The van der Waals surface area contributed by atoms with Gasteiger partial charge in [-0.3, -0.25) is 0 Å². The number of nitriles is 1. The van der Waals surface area contributed by atoms with E-state index in [1.54, 1.807) is 0 Å². The van der Waals surface area contributed by atoms with Crippen LogP contribution >= 0.6 is 11.6 Å². The Morgan fingerprint density at radius 1 is 1.50 bits per heavy atom. The van der Waals surface area contributed by atoms with Crippen molar-refractivity contribution < 1.29 is 8.42 Å². The number of nitrogens with one attached hydrogen (secondary N) is 1. The van der Waals surface area contributed by atoms with Gasteiger partial charge in [-0.05, 0) is 37.0 Å². The van der Waals surface area contributed by atoms with Crippen molar-refractivity contribution in [3.05, 3.63) is 28.8 Å². The molecule has 1 N–H and O–H groups in total. The maximum atomic E-state index is 12.3. The van der Waals surface area contributed by atoms with Crippen LogP contribution in [0.15, 0.2) is 23.1 Å². The van der Waals surface area contributed by atoms with Gasteiger partial charge in [-0.2, -0.15) is 5.26 Å². The van der Waals surface area contributed by atoms with Crippen molar-refractivity contribution in [1.29, 1.82) is 5.26 Å². The van der Waals surface area contributed by atoms with Gasteiger partial charge in [-0.25, -0.2) is 13.1 Å². The summed E-state index contributed by atoms with van der Waals surface area (Å²) < 4.78 is 27.4. The average molecular weight is 313 g/mol. The minimum Gasteiger partial charge on any atom is -0.208 e. The lowest BCUT2D eigenvalue weighted by Gasteiger charge is -2.17. The van der Waals surface area contributed by atoms with Gasteiger partial charge in [0.2, 0.25) is 10.0 Å². The van der Waals surface area contributed by atoms with Gasteiger partial charge in [-0.15, -0.1) is 0 Å². The van der Waals surface area contributed by atoms with Crippen molar-refractivity contribution in [2.45, 2.75) is 43.5 Å². The maximum Gasteiger partial charge on any atom is 0.242 e. The molecule has 4 nitrogen and oxygen atoms in total. The highest BCUT2D eigenvalue weighted by Crippen LogP contribution is 2.34. The molecule has 1 atom stereocenters. The summed E-state index contributed by atoms with van der Waals surface area (Å²) in [6, 6.07) is 6.09. The van der Waals surface area contributed by atoms with Crippen LogP contribution < -0.4 is 4.72 Å². The molecule has 0 saturated heterocycles. The lowest BCUT2D eigenvalue weighted by molar-refractivity contribution is 0.495. The summed E-state index contributed by atoms with van der Waals surface area (Å²) in [5.41, 5.74) is 0.346. The quantitative estimate of drug-likeness (QED) is 0.877. The molecular formula is C14H17ClN2O2S. The third kappa shape index (κ3) is 3.72. The molecule has 0 aromatic heterocycles. The monoisotopic (exact) mass is 312 g/mol. The highest BCUT2D eigenvalue weighted by molar-refractivity contribution is 7.89. The van der Waals surface area contributed by atoms with Crippen LogP contribution in [-0.4, -0.2) is 14.5 Å². The molecule has 0 radical (unpaired) electrons. The smallest absolute Gasteiger partial charge is 0.208 e. The maximum absolute atomic E-state index is 12.3. The first-order chi connectivity index (χ1) is 9.46. The van der Waals surface area contributed by atoms with Crippen molar-refractivity contribution in [3.63, 3.8) is 0 Å². The minimum absolute atomic E-state index is 0.0346. The van der Waals surface area contributed by atoms with Gasteiger partial charge in [0.05, 0.1) is 16.7 Å². The number of sulfonamides is 1. The second-order valence-electron chi connectivity index (χ2n) is 5.16. The Morgan fingerprint density at radius 3 is 2.70 bits per heavy atom. The molecule has 1 fully saturated rings. The molecule has 1 saturated carbocycles. The van der Waals surface area contributed by atoms with Crippen LogP contribution in [0.1, 0.15) is 38.2 Å². The van der Waals surface area contributed by atoms with E-state index in [2.05, 4.69) is 4.72 Å². The van der Waals surface area contributed by atoms with Crippen LogP contribution in [-0.2, 0) is 10.0 Å². The number of hydrogen-bond donors (Lipinski definition) is 1. The van der Waals surface area contributed by atoms with Gasteiger partial charge in [-0.1, -0.05) is 31.4 Å². The van der Waals surface area contributed by atoms with Gasteiger partial charge in [0, 0.05) is 6.04 Å². The summed E-state index contributed by atoms with van der Waals surface area (Å²) >= 11 is 5.97. The molecule has 0 heterocycles. The zero-order valence-electron chi connectivity index (χ0n) is 11.3. The molecule has 0 amide bonds. The SMILES string of the molecule is CCC(CC1CC1)NS(=O)(=O)c1ccc(C#N)cc1Cl. The number of halogens is 1. The van der Waals surface area contributed by atoms with Gasteiger partial charge >= 0.3 is 0 Å². The van der Waals surface area contributed by atoms with Gasteiger partial charge in [0.25, 0.3) is 0 Å². The number of benzene rings is 1. The molecule has 108 valence electrons. The molecular weight excluding hydrogens is 296 g/mol. The Kier molecular flexibility index (Phi) is 4.69. The summed E-state index contributed by atoms with van der Waals surface area (Å²) in [5.74, 6) is 0.652. The molecule has 2 rings (SSSR count). The number of hydrogen-bond acceptors (Lipinski definition) is 3. The largest absolute Gasteiger partial charge is 0.242 e. The molecule has 0 bridgehead atoms. The van der Waals surface area contributed by atoms with Gasteiger partial charge in [0.1, 0.15) is 4.90 Å². The Bertz CT molecular complexity index is 633. The fourth-order valence-electron chi connectivity index (χ4n) is 2.13. The van der Waals surface area contributed by atoms with Crippen molar-refractivity contribution in [3.8, 4) is 6.07 Å². The van der Waals surface area contributed by atoms with Crippen molar-refractivity contribution in [2.24, 2.45) is 5.92 Å². The van der Waals surface area contributed by atoms with E-state index in [4.69, 9.17) is 16.9 Å². The topological polar surface area (TPSA) is 70.0 Å². The molecule has 1 aliphatic carbocycles. The normalized spacial score (nSPS) is 16.6. The first kappa shape index (κ1) is 15.3. The molecule has 6 heteroatoms. The molecule has 1 aromatic rings. The summed E-state index contributed by atoms with van der Waals surface area (Å²) in [6.45, 7) is 1.97. The van der Waals surface area contributed by atoms with E-state index in [-0.39, 0.29) is 16.0 Å². The fourth-order valence-corrected chi connectivity index (χ4v) is 4.00. The Morgan fingerprint density at radius 2 is 2.20 bits per heavy atom. The van der Waals surface area contributed by atoms with Crippen LogP contribution in [0, 0.1) is 17.2 Å². The molecule has 1 aliphatic rings. The summed E-state index contributed by atoms with van der Waals surface area (Å²) in [5, 5.41) is 8.85. The fraction of sp³-hybridized carbons (Fsp3) is 0.500. The first-order valence-corrected chi connectivity index (χ1v) is 8.54. The number of rotatable bonds is 6. The van der Waals surface area contributed by atoms with Crippen LogP contribution in [0.3, 0.4) is 0 Å². The zero-order chi connectivity index (χ0) is 14.8. The first-order valence-electron chi connectivity index (χ1n) is 6.68. The standard InChI is InChI=1S/C14H17ClN2O2S/c1-2-12(7-10-3-4-10)17-20(18,19)14-6-5-11(9-16)8-13(14)15/h5-6,8,10,12,17H,2-4,7H2,1H3. The summed E-state index contributed by atoms with van der Waals surface area (Å²) in [7, 11) is -3.64. The third-order valence-corrected chi connectivity index (χ3v) is 5.48. The van der Waals surface area contributed by atoms with Crippen molar-refractivity contribution in [1.82, 2.24) is 4.72 Å². The van der Waals surface area contributed by atoms with E-state index >= 15 is 0 Å². The predicted molar refractivity (Wildman–Crippen MR) is 77.9 cm³/mol. The molecule has 0 spiro atoms. The minimum atomic E-state index is -3.64. The molecule has 0 aliphatic heterocycles. The van der Waals surface area contributed by atoms with Crippen LogP contribution in [0.2, 0.25) is 5.02 Å². The van der Waals surface area contributed by atoms with Gasteiger partial charge in [0.15, 0.2) is 0 Å². The summed E-state index contributed by atoms with van der Waals surface area (Å²) in [4.78, 5) is 0.0346. The second-order valence-corrected chi connectivity index (χ2v) is 7.25. The highest BCUT2D eigenvalue weighted by atomic mass is 35.5. The van der Waals surface area contributed by atoms with E-state index in [1.165, 1.54) is 31.0 Å². The lowest BCUT2D eigenvalue weighted by Crippen LogP contribution is -2.34. The third-order valence-electron chi connectivity index (χ3n) is 3.48. The van der Waals surface area contributed by atoms with E-state index in [9.17, 15) is 8.42 Å². The second kappa shape index (κ2) is 6.13. The van der Waals surface area contributed by atoms with Crippen LogP contribution in [0.25, 0.3) is 0 Å². The highest BCUT2D eigenvalue weighted by Gasteiger charge is 2.28. The van der Waals surface area contributed by atoms with E-state index in [0.717, 1.165) is 12.8 Å². The lowest BCUT2D eigenvalue weighted by atomic mass is 10.1. The van der Waals surface area contributed by atoms with Crippen molar-refractivity contribution >= 4 is 21.6 Å². The van der Waals surface area contributed by atoms with Crippen LogP contribution in [0.5, 0.6) is 0 Å². The van der Waals surface area contributed by atoms with E-state index in [0.29, 0.717) is 11.5 Å². The van der Waals surface area contributed by atoms with Crippen molar-refractivity contribution in [2.75, 3.05) is 0 Å². The van der Waals surface area contributed by atoms with E-state index in [1.807, 2.05) is 13.0 Å². The average Bonchev–Trinajstić information content (AvgIpc) is 3.21. The molecule has 1 aromatic carbocycles. The zero-order valence-corrected chi connectivity index (χ0v) is 12.8. The summed E-state index contributed by atoms with van der Waals surface area (Å²) in [6.07, 6.45) is 4.01. The van der Waals surface area contributed by atoms with Crippen LogP contribution in [0.4, 0.5) is 0 Å². The Hall–Kier alpha value is -1.09. The Balaban J connectivity index is 2.18. The van der Waals surface area contributed by atoms with Gasteiger partial charge < -0.3 is 0 Å².